The molecule has 30 heavy (non-hydrogen) atoms. The number of benzene rings is 2. The lowest BCUT2D eigenvalue weighted by Crippen LogP contribution is -2.30. The largest absolute Gasteiger partial charge is 0.416 e. The Morgan fingerprint density at radius 1 is 1.27 bits per heavy atom. The van der Waals surface area contributed by atoms with Gasteiger partial charge in [-0.25, -0.2) is 14.1 Å². The Balaban J connectivity index is 1.78. The van der Waals surface area contributed by atoms with Gasteiger partial charge in [0.25, 0.3) is 0 Å². The molecular formula is C19H16ClF4N5O. The Bertz CT molecular complexity index is 1020. The molecule has 0 aliphatic carbocycles. The maximum Gasteiger partial charge on any atom is 0.416 e. The molecular weight excluding hydrogens is 426 g/mol. The quantitative estimate of drug-likeness (QED) is 0.584. The molecule has 0 saturated heterocycles. The van der Waals surface area contributed by atoms with Gasteiger partial charge < -0.3 is 5.32 Å². The van der Waals surface area contributed by atoms with Gasteiger partial charge in [-0.1, -0.05) is 17.7 Å². The van der Waals surface area contributed by atoms with Crippen LogP contribution in [0.4, 0.5) is 23.2 Å². The Hall–Kier alpha value is -2.98. The van der Waals surface area contributed by atoms with Gasteiger partial charge >= 0.3 is 6.18 Å². The molecule has 3 rings (SSSR count). The molecule has 0 fully saturated rings. The molecule has 158 valence electrons. The van der Waals surface area contributed by atoms with Crippen molar-refractivity contribution < 1.29 is 22.4 Å². The third-order valence-corrected chi connectivity index (χ3v) is 4.52. The Labute approximate surface area is 174 Å². The van der Waals surface area contributed by atoms with E-state index in [9.17, 15) is 22.4 Å². The van der Waals surface area contributed by atoms with Gasteiger partial charge in [-0.3, -0.25) is 9.69 Å². The molecule has 0 bridgehead atoms. The highest BCUT2D eigenvalue weighted by Crippen LogP contribution is 2.33. The number of halogens is 5. The van der Waals surface area contributed by atoms with E-state index in [0.717, 1.165) is 12.1 Å². The van der Waals surface area contributed by atoms with Crippen molar-refractivity contribution in [2.24, 2.45) is 0 Å². The molecule has 1 aromatic heterocycles. The summed E-state index contributed by atoms with van der Waals surface area (Å²) in [5.41, 5.74) is -0.573. The lowest BCUT2D eigenvalue weighted by atomic mass is 10.1. The second kappa shape index (κ2) is 8.80. The number of aromatic nitrogens is 3. The Morgan fingerprint density at radius 2 is 2.03 bits per heavy atom. The fourth-order valence-corrected chi connectivity index (χ4v) is 3.01. The van der Waals surface area contributed by atoms with Gasteiger partial charge in [0, 0.05) is 17.1 Å². The van der Waals surface area contributed by atoms with E-state index < -0.39 is 23.5 Å². The summed E-state index contributed by atoms with van der Waals surface area (Å²) in [7, 11) is 1.56. The molecule has 0 aliphatic heterocycles. The number of anilines is 1. The topological polar surface area (TPSA) is 63.1 Å². The molecule has 2 aromatic carbocycles. The minimum atomic E-state index is -4.58. The summed E-state index contributed by atoms with van der Waals surface area (Å²) in [5, 5.41) is 6.57. The molecule has 0 spiro atoms. The van der Waals surface area contributed by atoms with Gasteiger partial charge in [-0.2, -0.15) is 18.3 Å². The van der Waals surface area contributed by atoms with Crippen LogP contribution in [0.25, 0.3) is 5.69 Å². The van der Waals surface area contributed by atoms with Crippen LogP contribution in [-0.2, 0) is 17.5 Å². The number of hydrogen-bond donors (Lipinski definition) is 1. The fraction of sp³-hybridized carbons (Fsp3) is 0.211. The lowest BCUT2D eigenvalue weighted by Gasteiger charge is -2.19. The van der Waals surface area contributed by atoms with E-state index in [1.165, 1.54) is 46.5 Å². The van der Waals surface area contributed by atoms with Crippen LogP contribution in [0.1, 0.15) is 11.1 Å². The number of nitrogens with zero attached hydrogens (tertiary/aromatic N) is 4. The van der Waals surface area contributed by atoms with Crippen LogP contribution >= 0.6 is 11.6 Å². The Morgan fingerprint density at radius 3 is 2.67 bits per heavy atom. The molecule has 11 heteroatoms. The standard InChI is InChI=1S/C19H16ClF4N5O/c1-28(8-13-14(20)3-2-4-15(13)21)9-18(30)27-16-7-12(19(22,23)24)5-6-17(16)29-11-25-10-26-29/h2-7,10-11H,8-9H2,1H3,(H,27,30). The van der Waals surface area contributed by atoms with E-state index in [0.29, 0.717) is 0 Å². The first-order chi connectivity index (χ1) is 14.1. The highest BCUT2D eigenvalue weighted by molar-refractivity contribution is 6.31. The lowest BCUT2D eigenvalue weighted by molar-refractivity contribution is -0.137. The van der Waals surface area contributed by atoms with Crippen molar-refractivity contribution in [1.82, 2.24) is 19.7 Å². The predicted octanol–water partition coefficient (Wildman–Crippen LogP) is 4.15. The Kier molecular flexibility index (Phi) is 6.37. The van der Waals surface area contributed by atoms with E-state index in [-0.39, 0.29) is 35.1 Å². The summed E-state index contributed by atoms with van der Waals surface area (Å²) in [5.74, 6) is -1.10. The first-order valence-corrected chi connectivity index (χ1v) is 9.00. The van der Waals surface area contributed by atoms with Gasteiger partial charge in [0.15, 0.2) is 0 Å². The summed E-state index contributed by atoms with van der Waals surface area (Å²) >= 11 is 5.99. The van der Waals surface area contributed by atoms with Crippen molar-refractivity contribution in [3.8, 4) is 5.69 Å². The summed E-state index contributed by atoms with van der Waals surface area (Å²) in [6.07, 6.45) is -2.07. The number of alkyl halides is 3. The van der Waals surface area contributed by atoms with Gasteiger partial charge in [0.05, 0.1) is 23.5 Å². The maximum atomic E-state index is 13.9. The van der Waals surface area contributed by atoms with E-state index in [1.54, 1.807) is 7.05 Å². The van der Waals surface area contributed by atoms with Crippen LogP contribution in [-0.4, -0.2) is 39.2 Å². The molecule has 0 aliphatic rings. The number of amides is 1. The molecule has 0 atom stereocenters. The van der Waals surface area contributed by atoms with Crippen molar-refractivity contribution in [1.29, 1.82) is 0 Å². The fourth-order valence-electron chi connectivity index (χ4n) is 2.79. The van der Waals surface area contributed by atoms with Gasteiger partial charge in [-0.05, 0) is 37.4 Å². The van der Waals surface area contributed by atoms with Crippen LogP contribution in [0.5, 0.6) is 0 Å². The smallest absolute Gasteiger partial charge is 0.323 e. The first-order valence-electron chi connectivity index (χ1n) is 8.62. The molecule has 1 amide bonds. The summed E-state index contributed by atoms with van der Waals surface area (Å²) in [6.45, 7) is -0.171. The second-order valence-corrected chi connectivity index (χ2v) is 6.90. The average molecular weight is 442 g/mol. The monoisotopic (exact) mass is 441 g/mol. The first kappa shape index (κ1) is 21.7. The number of hydrogen-bond acceptors (Lipinski definition) is 4. The number of carbonyl (C=O) groups is 1. The van der Waals surface area contributed by atoms with Crippen molar-refractivity contribution in [2.45, 2.75) is 12.7 Å². The minimum absolute atomic E-state index is 0.0391. The van der Waals surface area contributed by atoms with Gasteiger partial charge in [0.2, 0.25) is 5.91 Å². The second-order valence-electron chi connectivity index (χ2n) is 6.49. The summed E-state index contributed by atoms with van der Waals surface area (Å²) in [4.78, 5) is 17.7. The zero-order valence-corrected chi connectivity index (χ0v) is 16.4. The minimum Gasteiger partial charge on any atom is -0.323 e. The van der Waals surface area contributed by atoms with Crippen molar-refractivity contribution in [3.05, 3.63) is 71.0 Å². The molecule has 0 unspecified atom stereocenters. The van der Waals surface area contributed by atoms with E-state index in [4.69, 9.17) is 11.6 Å². The highest BCUT2D eigenvalue weighted by Gasteiger charge is 2.31. The van der Waals surface area contributed by atoms with E-state index in [2.05, 4.69) is 15.4 Å². The third kappa shape index (κ3) is 5.14. The summed E-state index contributed by atoms with van der Waals surface area (Å²) in [6, 6.07) is 7.15. The van der Waals surface area contributed by atoms with Crippen LogP contribution in [0.15, 0.2) is 49.1 Å². The van der Waals surface area contributed by atoms with E-state index in [1.807, 2.05) is 0 Å². The van der Waals surface area contributed by atoms with Crippen LogP contribution in [0.2, 0.25) is 5.02 Å². The summed E-state index contributed by atoms with van der Waals surface area (Å²) < 4.78 is 54.5. The van der Waals surface area contributed by atoms with Crippen LogP contribution in [0.3, 0.4) is 0 Å². The number of nitrogens with one attached hydrogen (secondary N) is 1. The van der Waals surface area contributed by atoms with Gasteiger partial charge in [0.1, 0.15) is 18.5 Å². The highest BCUT2D eigenvalue weighted by atomic mass is 35.5. The van der Waals surface area contributed by atoms with E-state index >= 15 is 0 Å². The molecule has 1 N–H and O–H groups in total. The van der Waals surface area contributed by atoms with Crippen LogP contribution in [0, 0.1) is 5.82 Å². The number of rotatable bonds is 6. The molecule has 3 aromatic rings. The van der Waals surface area contributed by atoms with Crippen molar-refractivity contribution in [2.75, 3.05) is 18.9 Å². The normalized spacial score (nSPS) is 11.7. The van der Waals surface area contributed by atoms with Crippen LogP contribution < -0.4 is 5.32 Å². The molecule has 6 nitrogen and oxygen atoms in total. The molecule has 0 radical (unpaired) electrons. The third-order valence-electron chi connectivity index (χ3n) is 4.17. The zero-order valence-electron chi connectivity index (χ0n) is 15.6. The SMILES string of the molecule is CN(CC(=O)Nc1cc(C(F)(F)F)ccc1-n1cncn1)Cc1c(F)cccc1Cl. The number of carbonyl (C=O) groups excluding carboxylic acids is 1. The van der Waals surface area contributed by atoms with Gasteiger partial charge in [-0.15, -0.1) is 0 Å². The molecule has 0 saturated carbocycles. The number of likely N-dealkylation sites (N-methyl/N-ethyl adjacent to an activating group) is 1. The maximum absolute atomic E-state index is 13.9. The average Bonchev–Trinajstić information content (AvgIpc) is 3.18. The predicted molar refractivity (Wildman–Crippen MR) is 103 cm³/mol. The zero-order chi connectivity index (χ0) is 21.9. The van der Waals surface area contributed by atoms with Crippen molar-refractivity contribution in [3.63, 3.8) is 0 Å². The molecule has 1 heterocycles. The van der Waals surface area contributed by atoms with Crippen molar-refractivity contribution >= 4 is 23.2 Å².